The second-order valence-electron chi connectivity index (χ2n) is 4.12. The number of allylic oxidation sites excluding steroid dienone is 3. The van der Waals surface area contributed by atoms with E-state index in [0.717, 1.165) is 6.42 Å². The second kappa shape index (κ2) is 5.62. The Morgan fingerprint density at radius 2 is 2.21 bits per heavy atom. The fraction of sp³-hybridized carbons (Fsp3) is 0.667. The molecule has 2 N–H and O–H groups in total. The van der Waals surface area contributed by atoms with Crippen molar-refractivity contribution >= 4 is 12.6 Å². The molecule has 0 bridgehead atoms. The molecule has 0 saturated carbocycles. The van der Waals surface area contributed by atoms with Crippen molar-refractivity contribution in [1.29, 1.82) is 0 Å². The van der Waals surface area contributed by atoms with Crippen LogP contribution in [0.5, 0.6) is 0 Å². The van der Waals surface area contributed by atoms with Crippen molar-refractivity contribution in [2.24, 2.45) is 11.7 Å². The molecule has 1 rings (SSSR count). The maximum atomic E-state index is 5.98. The van der Waals surface area contributed by atoms with E-state index in [1.165, 1.54) is 29.7 Å². The Morgan fingerprint density at radius 3 is 2.79 bits per heavy atom. The van der Waals surface area contributed by atoms with Crippen LogP contribution in [-0.2, 0) is 0 Å². The van der Waals surface area contributed by atoms with Gasteiger partial charge in [-0.2, -0.15) is 0 Å². The molecule has 0 saturated heterocycles. The smallest absolute Gasteiger partial charge is 0.00843 e. The number of nitrogens with two attached hydrogens (primary N) is 1. The molecule has 1 aliphatic rings. The van der Waals surface area contributed by atoms with E-state index in [-0.39, 0.29) is 6.04 Å². The molecule has 0 radical (unpaired) electrons. The highest BCUT2D eigenvalue weighted by Crippen LogP contribution is 2.33. The topological polar surface area (TPSA) is 26.0 Å². The van der Waals surface area contributed by atoms with Gasteiger partial charge in [0.1, 0.15) is 0 Å². The predicted molar refractivity (Wildman–Crippen MR) is 66.4 cm³/mol. The third kappa shape index (κ3) is 2.89. The first-order chi connectivity index (χ1) is 6.66. The molecule has 0 aliphatic heterocycles. The largest absolute Gasteiger partial charge is 0.327 e. The van der Waals surface area contributed by atoms with Crippen LogP contribution in [0, 0.1) is 5.92 Å². The van der Waals surface area contributed by atoms with E-state index in [4.69, 9.17) is 5.73 Å². The lowest BCUT2D eigenvalue weighted by atomic mass is 9.95. The van der Waals surface area contributed by atoms with Gasteiger partial charge in [0.25, 0.3) is 0 Å². The molecule has 0 aromatic rings. The molecule has 0 fully saturated rings. The Hall–Kier alpha value is -0.210. The maximum absolute atomic E-state index is 5.98. The van der Waals surface area contributed by atoms with Gasteiger partial charge < -0.3 is 5.73 Å². The van der Waals surface area contributed by atoms with E-state index in [0.29, 0.717) is 5.92 Å². The number of hydrogen-bond acceptors (Lipinski definition) is 2. The summed E-state index contributed by atoms with van der Waals surface area (Å²) in [5, 5.41) is 0. The Balaban J connectivity index is 2.90. The zero-order valence-electron chi connectivity index (χ0n) is 9.16. The van der Waals surface area contributed by atoms with Gasteiger partial charge in [-0.15, -0.1) is 12.6 Å². The molecule has 80 valence electrons. The van der Waals surface area contributed by atoms with Crippen molar-refractivity contribution in [3.05, 3.63) is 22.6 Å². The van der Waals surface area contributed by atoms with Crippen molar-refractivity contribution < 1.29 is 0 Å². The second-order valence-corrected chi connectivity index (χ2v) is 4.60. The van der Waals surface area contributed by atoms with E-state index in [2.05, 4.69) is 38.6 Å². The molecule has 0 aromatic carbocycles. The van der Waals surface area contributed by atoms with E-state index >= 15 is 0 Å². The standard InChI is InChI=1S/C12H21NS/c1-3-6-10-7-4-5-8-11(9(2)13)12(10)14/h3,6,9,11,14H,4-5,7-8,13H2,1-2H3/b6-3-/t9-,11-/m0/s1. The molecule has 0 heterocycles. The first-order valence-electron chi connectivity index (χ1n) is 5.47. The van der Waals surface area contributed by atoms with E-state index in [9.17, 15) is 0 Å². The van der Waals surface area contributed by atoms with Gasteiger partial charge in [-0.3, -0.25) is 0 Å². The minimum Gasteiger partial charge on any atom is -0.327 e. The Morgan fingerprint density at radius 1 is 1.50 bits per heavy atom. The monoisotopic (exact) mass is 211 g/mol. The van der Waals surface area contributed by atoms with Crippen LogP contribution in [0.2, 0.25) is 0 Å². The number of hydrogen-bond donors (Lipinski definition) is 2. The minimum absolute atomic E-state index is 0.223. The zero-order chi connectivity index (χ0) is 10.6. The molecule has 0 spiro atoms. The van der Waals surface area contributed by atoms with E-state index in [1.54, 1.807) is 0 Å². The average Bonchev–Trinajstić information content (AvgIpc) is 2.30. The quantitative estimate of drug-likeness (QED) is 0.674. The lowest BCUT2D eigenvalue weighted by molar-refractivity contribution is 0.480. The van der Waals surface area contributed by atoms with Crippen LogP contribution in [0.4, 0.5) is 0 Å². The summed E-state index contributed by atoms with van der Waals surface area (Å²) in [5.41, 5.74) is 7.36. The van der Waals surface area contributed by atoms with Crippen LogP contribution in [0.25, 0.3) is 0 Å². The molecule has 2 heteroatoms. The summed E-state index contributed by atoms with van der Waals surface area (Å²) >= 11 is 4.64. The Labute approximate surface area is 92.9 Å². The summed E-state index contributed by atoms with van der Waals surface area (Å²) < 4.78 is 0. The summed E-state index contributed by atoms with van der Waals surface area (Å²) in [6.07, 6.45) is 9.17. The summed E-state index contributed by atoms with van der Waals surface area (Å²) in [7, 11) is 0. The number of thiol groups is 1. The van der Waals surface area contributed by atoms with Crippen molar-refractivity contribution in [3.8, 4) is 0 Å². The fourth-order valence-electron chi connectivity index (χ4n) is 2.06. The highest BCUT2D eigenvalue weighted by molar-refractivity contribution is 7.84. The maximum Gasteiger partial charge on any atom is 0.00843 e. The summed E-state index contributed by atoms with van der Waals surface area (Å²) in [5.74, 6) is 0.465. The molecule has 0 aromatic heterocycles. The van der Waals surface area contributed by atoms with Gasteiger partial charge in [-0.1, -0.05) is 18.6 Å². The summed E-state index contributed by atoms with van der Waals surface area (Å²) in [6.45, 7) is 4.14. The van der Waals surface area contributed by atoms with Crippen LogP contribution in [0.15, 0.2) is 22.6 Å². The van der Waals surface area contributed by atoms with Crippen LogP contribution in [0.3, 0.4) is 0 Å². The van der Waals surface area contributed by atoms with Gasteiger partial charge in [0, 0.05) is 12.0 Å². The lowest BCUT2D eigenvalue weighted by Crippen LogP contribution is -2.26. The molecular weight excluding hydrogens is 190 g/mol. The fourth-order valence-corrected chi connectivity index (χ4v) is 2.62. The van der Waals surface area contributed by atoms with E-state index in [1.807, 2.05) is 0 Å². The third-order valence-corrected chi connectivity index (χ3v) is 3.51. The van der Waals surface area contributed by atoms with Crippen molar-refractivity contribution in [2.45, 2.75) is 45.6 Å². The van der Waals surface area contributed by atoms with E-state index < -0.39 is 0 Å². The van der Waals surface area contributed by atoms with Gasteiger partial charge in [-0.25, -0.2) is 0 Å². The molecule has 0 unspecified atom stereocenters. The normalized spacial score (nSPS) is 26.7. The molecule has 0 amide bonds. The SMILES string of the molecule is C/C=C\C1=C(S)[C@H]([C@H](C)N)CCCC1. The first-order valence-corrected chi connectivity index (χ1v) is 5.91. The van der Waals surface area contributed by atoms with Crippen LogP contribution >= 0.6 is 12.6 Å². The summed E-state index contributed by atoms with van der Waals surface area (Å²) in [4.78, 5) is 1.22. The highest BCUT2D eigenvalue weighted by atomic mass is 32.1. The Bertz CT molecular complexity index is 241. The highest BCUT2D eigenvalue weighted by Gasteiger charge is 2.20. The van der Waals surface area contributed by atoms with Gasteiger partial charge in [0.15, 0.2) is 0 Å². The third-order valence-electron chi connectivity index (χ3n) is 2.89. The first kappa shape index (κ1) is 11.9. The Kier molecular flexibility index (Phi) is 4.76. The molecule has 1 aliphatic carbocycles. The van der Waals surface area contributed by atoms with Gasteiger partial charge >= 0.3 is 0 Å². The van der Waals surface area contributed by atoms with Crippen LogP contribution in [-0.4, -0.2) is 6.04 Å². The molecule has 2 atom stereocenters. The van der Waals surface area contributed by atoms with Gasteiger partial charge in [0.05, 0.1) is 0 Å². The predicted octanol–water partition coefficient (Wildman–Crippen LogP) is 3.28. The van der Waals surface area contributed by atoms with Crippen LogP contribution in [0.1, 0.15) is 39.5 Å². The zero-order valence-corrected chi connectivity index (χ0v) is 10.1. The van der Waals surface area contributed by atoms with Crippen molar-refractivity contribution in [2.75, 3.05) is 0 Å². The van der Waals surface area contributed by atoms with Gasteiger partial charge in [-0.05, 0) is 43.6 Å². The average molecular weight is 211 g/mol. The minimum atomic E-state index is 0.223. The summed E-state index contributed by atoms with van der Waals surface area (Å²) in [6, 6.07) is 0.223. The van der Waals surface area contributed by atoms with Crippen LogP contribution < -0.4 is 5.73 Å². The van der Waals surface area contributed by atoms with Gasteiger partial charge in [0.2, 0.25) is 0 Å². The van der Waals surface area contributed by atoms with Crippen molar-refractivity contribution in [1.82, 2.24) is 0 Å². The number of rotatable bonds is 2. The molecule has 14 heavy (non-hydrogen) atoms. The lowest BCUT2D eigenvalue weighted by Gasteiger charge is -2.20. The van der Waals surface area contributed by atoms with Crippen molar-refractivity contribution in [3.63, 3.8) is 0 Å². The molecule has 1 nitrogen and oxygen atoms in total. The molecular formula is C12H21NS.